The number of carbonyl (C=O) groups excluding carboxylic acids is 1. The summed E-state index contributed by atoms with van der Waals surface area (Å²) in [5.41, 5.74) is 0.884. The summed E-state index contributed by atoms with van der Waals surface area (Å²) in [5, 5.41) is 18.1. The van der Waals surface area contributed by atoms with E-state index in [0.29, 0.717) is 19.5 Å². The van der Waals surface area contributed by atoms with Crippen molar-refractivity contribution < 1.29 is 14.7 Å². The van der Waals surface area contributed by atoms with Gasteiger partial charge in [0.05, 0.1) is 12.1 Å². The van der Waals surface area contributed by atoms with Crippen LogP contribution in [-0.2, 0) is 11.3 Å². The summed E-state index contributed by atoms with van der Waals surface area (Å²) in [6, 6.07) is -0.220. The number of hydrogen-bond donors (Lipinski definition) is 3. The maximum absolute atomic E-state index is 11.9. The third kappa shape index (κ3) is 2.99. The zero-order valence-electron chi connectivity index (χ0n) is 9.93. The number of nitrogens with one attached hydrogen (secondary N) is 2. The van der Waals surface area contributed by atoms with E-state index in [2.05, 4.69) is 15.5 Å². The van der Waals surface area contributed by atoms with Gasteiger partial charge < -0.3 is 15.3 Å². The topological polar surface area (TPSA) is 98.3 Å². The molecule has 1 aromatic heterocycles. The molecule has 3 N–H and O–H groups in total. The smallest absolute Gasteiger partial charge is 0.317 e. The number of carbonyl (C=O) groups is 2. The molecule has 1 aromatic rings. The number of aliphatic carboxylic acids is 1. The normalized spacial score (nSPS) is 19.6. The van der Waals surface area contributed by atoms with E-state index >= 15 is 0 Å². The minimum atomic E-state index is -0.831. The molecule has 7 heteroatoms. The number of carboxylic acid groups (broad SMARTS) is 1. The summed E-state index contributed by atoms with van der Waals surface area (Å²) in [6.07, 6.45) is 4.71. The molecule has 1 aliphatic heterocycles. The number of H-pyrrole nitrogens is 1. The zero-order chi connectivity index (χ0) is 13.0. The van der Waals surface area contributed by atoms with E-state index in [-0.39, 0.29) is 12.6 Å². The van der Waals surface area contributed by atoms with Gasteiger partial charge in [-0.25, -0.2) is 4.79 Å². The van der Waals surface area contributed by atoms with Crippen molar-refractivity contribution >= 4 is 12.0 Å². The van der Waals surface area contributed by atoms with E-state index in [1.165, 1.54) is 0 Å². The highest BCUT2D eigenvalue weighted by Gasteiger charge is 2.27. The van der Waals surface area contributed by atoms with E-state index in [9.17, 15) is 9.59 Å². The number of likely N-dealkylation sites (tertiary alicyclic amines) is 1. The van der Waals surface area contributed by atoms with Crippen LogP contribution in [0.2, 0.25) is 0 Å². The Balaban J connectivity index is 1.83. The Morgan fingerprint density at radius 1 is 1.61 bits per heavy atom. The van der Waals surface area contributed by atoms with Crippen LogP contribution in [0.4, 0.5) is 4.79 Å². The number of piperidine rings is 1. The lowest BCUT2D eigenvalue weighted by Crippen LogP contribution is -2.46. The molecule has 2 amide bonds. The van der Waals surface area contributed by atoms with Crippen molar-refractivity contribution in [1.82, 2.24) is 20.4 Å². The van der Waals surface area contributed by atoms with E-state index in [1.807, 2.05) is 0 Å². The standard InChI is InChI=1S/C11H16N4O3/c16-10(17)9-2-1-3-15(7-9)11(18)12-4-8-5-13-14-6-8/h5-6,9H,1-4,7H2,(H,12,18)(H,13,14)(H,16,17)/t9-/m1/s1. The highest BCUT2D eigenvalue weighted by Crippen LogP contribution is 2.16. The van der Waals surface area contributed by atoms with Crippen molar-refractivity contribution in [3.63, 3.8) is 0 Å². The van der Waals surface area contributed by atoms with Crippen molar-refractivity contribution in [3.05, 3.63) is 18.0 Å². The predicted molar refractivity (Wildman–Crippen MR) is 62.8 cm³/mol. The number of hydrogen-bond acceptors (Lipinski definition) is 3. The molecule has 2 rings (SSSR count). The molecule has 7 nitrogen and oxygen atoms in total. The number of aromatic amines is 1. The van der Waals surface area contributed by atoms with Crippen LogP contribution in [0, 0.1) is 5.92 Å². The number of urea groups is 1. The molecule has 2 heterocycles. The summed E-state index contributed by atoms with van der Waals surface area (Å²) in [7, 11) is 0. The quantitative estimate of drug-likeness (QED) is 0.725. The zero-order valence-corrected chi connectivity index (χ0v) is 9.93. The van der Waals surface area contributed by atoms with Gasteiger partial charge in [0.2, 0.25) is 0 Å². The summed E-state index contributed by atoms with van der Waals surface area (Å²) in [4.78, 5) is 24.3. The maximum atomic E-state index is 11.9. The van der Waals surface area contributed by atoms with Gasteiger partial charge in [-0.2, -0.15) is 5.10 Å². The van der Waals surface area contributed by atoms with Crippen LogP contribution in [-0.4, -0.2) is 45.3 Å². The van der Waals surface area contributed by atoms with Crippen LogP contribution in [0.25, 0.3) is 0 Å². The summed E-state index contributed by atoms with van der Waals surface area (Å²) >= 11 is 0. The molecule has 0 saturated carbocycles. The maximum Gasteiger partial charge on any atom is 0.317 e. The lowest BCUT2D eigenvalue weighted by molar-refractivity contribution is -0.143. The van der Waals surface area contributed by atoms with Crippen LogP contribution in [0.1, 0.15) is 18.4 Å². The van der Waals surface area contributed by atoms with Crippen molar-refractivity contribution in [3.8, 4) is 0 Å². The summed E-state index contributed by atoms with van der Waals surface area (Å²) in [6.45, 7) is 1.29. The Hall–Kier alpha value is -2.05. The lowest BCUT2D eigenvalue weighted by Gasteiger charge is -2.30. The third-order valence-corrected chi connectivity index (χ3v) is 3.06. The van der Waals surface area contributed by atoms with Gasteiger partial charge in [-0.3, -0.25) is 9.89 Å². The second-order valence-corrected chi connectivity index (χ2v) is 4.39. The molecule has 1 aliphatic rings. The molecule has 0 aromatic carbocycles. The number of amides is 2. The van der Waals surface area contributed by atoms with E-state index < -0.39 is 11.9 Å². The van der Waals surface area contributed by atoms with Gasteiger partial charge in [-0.15, -0.1) is 0 Å². The number of carboxylic acids is 1. The fourth-order valence-electron chi connectivity index (χ4n) is 2.03. The number of aromatic nitrogens is 2. The summed E-state index contributed by atoms with van der Waals surface area (Å²) < 4.78 is 0. The fourth-order valence-corrected chi connectivity index (χ4v) is 2.03. The molecule has 1 fully saturated rings. The van der Waals surface area contributed by atoms with Crippen molar-refractivity contribution in [2.24, 2.45) is 5.92 Å². The molecule has 18 heavy (non-hydrogen) atoms. The number of nitrogens with zero attached hydrogens (tertiary/aromatic N) is 2. The molecule has 0 bridgehead atoms. The van der Waals surface area contributed by atoms with E-state index in [1.54, 1.807) is 17.3 Å². The van der Waals surface area contributed by atoms with Gasteiger partial charge in [0.15, 0.2) is 0 Å². The van der Waals surface area contributed by atoms with Crippen molar-refractivity contribution in [1.29, 1.82) is 0 Å². The molecule has 0 unspecified atom stereocenters. The molecule has 98 valence electrons. The Bertz CT molecular complexity index is 418. The third-order valence-electron chi connectivity index (χ3n) is 3.06. The van der Waals surface area contributed by atoms with Crippen LogP contribution in [0.5, 0.6) is 0 Å². The van der Waals surface area contributed by atoms with Crippen molar-refractivity contribution in [2.75, 3.05) is 13.1 Å². The van der Waals surface area contributed by atoms with Gasteiger partial charge in [0, 0.05) is 31.4 Å². The molecular weight excluding hydrogens is 236 g/mol. The van der Waals surface area contributed by atoms with Gasteiger partial charge in [0.1, 0.15) is 0 Å². The van der Waals surface area contributed by atoms with Gasteiger partial charge in [-0.1, -0.05) is 0 Å². The first-order chi connectivity index (χ1) is 8.66. The molecule has 1 saturated heterocycles. The largest absolute Gasteiger partial charge is 0.481 e. The minimum absolute atomic E-state index is 0.220. The molecule has 0 aliphatic carbocycles. The first-order valence-corrected chi connectivity index (χ1v) is 5.90. The Labute approximate surface area is 104 Å². The highest BCUT2D eigenvalue weighted by atomic mass is 16.4. The summed E-state index contributed by atoms with van der Waals surface area (Å²) in [5.74, 6) is -1.28. The second-order valence-electron chi connectivity index (χ2n) is 4.39. The average Bonchev–Trinajstić information content (AvgIpc) is 2.89. The molecule has 1 atom stereocenters. The van der Waals surface area contributed by atoms with Crippen LogP contribution in [0.15, 0.2) is 12.4 Å². The van der Waals surface area contributed by atoms with Gasteiger partial charge in [-0.05, 0) is 12.8 Å². The van der Waals surface area contributed by atoms with E-state index in [0.717, 1.165) is 12.0 Å². The lowest BCUT2D eigenvalue weighted by atomic mass is 9.99. The van der Waals surface area contributed by atoms with Crippen LogP contribution in [0.3, 0.4) is 0 Å². The van der Waals surface area contributed by atoms with Crippen molar-refractivity contribution in [2.45, 2.75) is 19.4 Å². The Morgan fingerprint density at radius 2 is 2.44 bits per heavy atom. The van der Waals surface area contributed by atoms with Crippen LogP contribution < -0.4 is 5.32 Å². The number of rotatable bonds is 3. The Morgan fingerprint density at radius 3 is 3.11 bits per heavy atom. The van der Waals surface area contributed by atoms with Gasteiger partial charge >= 0.3 is 12.0 Å². The monoisotopic (exact) mass is 252 g/mol. The predicted octanol–water partition coefficient (Wildman–Crippen LogP) is 0.416. The van der Waals surface area contributed by atoms with Gasteiger partial charge in [0.25, 0.3) is 0 Å². The minimum Gasteiger partial charge on any atom is -0.481 e. The first-order valence-electron chi connectivity index (χ1n) is 5.90. The highest BCUT2D eigenvalue weighted by molar-refractivity contribution is 5.76. The molecule has 0 spiro atoms. The SMILES string of the molecule is O=C(O)[C@@H]1CCCN(C(=O)NCc2cn[nH]c2)C1. The Kier molecular flexibility index (Phi) is 3.81. The van der Waals surface area contributed by atoms with E-state index in [4.69, 9.17) is 5.11 Å². The first kappa shape index (κ1) is 12.4. The molecular formula is C11H16N4O3. The fraction of sp³-hybridized carbons (Fsp3) is 0.545. The molecule has 0 radical (unpaired) electrons. The van der Waals surface area contributed by atoms with Crippen LogP contribution >= 0.6 is 0 Å². The average molecular weight is 252 g/mol. The second kappa shape index (κ2) is 5.52.